The maximum absolute atomic E-state index is 12.9. The molecule has 3 aromatic rings. The molecule has 1 aliphatic rings. The van der Waals surface area contributed by atoms with Crippen LogP contribution >= 0.6 is 11.3 Å². The third kappa shape index (κ3) is 2.83. The first-order valence-electron chi connectivity index (χ1n) is 7.73. The van der Waals surface area contributed by atoms with Crippen molar-refractivity contribution in [2.24, 2.45) is 0 Å². The maximum atomic E-state index is 12.9. The fourth-order valence-electron chi connectivity index (χ4n) is 2.99. The second-order valence-corrected chi connectivity index (χ2v) is 6.63. The molecular weight excluding hydrogens is 340 g/mol. The summed E-state index contributed by atoms with van der Waals surface area (Å²) in [6.07, 6.45) is 1.84. The Balaban J connectivity index is 1.65. The predicted octanol–water partition coefficient (Wildman–Crippen LogP) is 3.05. The summed E-state index contributed by atoms with van der Waals surface area (Å²) in [5.41, 5.74) is 2.17. The first-order chi connectivity index (χ1) is 12.1. The van der Waals surface area contributed by atoms with Gasteiger partial charge in [-0.25, -0.2) is 9.78 Å². The molecule has 0 fully saturated rings. The number of thiazole rings is 1. The number of nitrogens with zero attached hydrogens (tertiary/aromatic N) is 2. The van der Waals surface area contributed by atoms with Crippen LogP contribution in [0.15, 0.2) is 52.5 Å². The smallest absolute Gasteiger partial charge is 0.326 e. The summed E-state index contributed by atoms with van der Waals surface area (Å²) in [6.45, 7) is 0.263. The molecule has 25 heavy (non-hydrogen) atoms. The van der Waals surface area contributed by atoms with Gasteiger partial charge in [0.25, 0.3) is 5.91 Å². The number of carbonyl (C=O) groups excluding carboxylic acids is 1. The van der Waals surface area contributed by atoms with Gasteiger partial charge in [0, 0.05) is 18.3 Å². The van der Waals surface area contributed by atoms with Gasteiger partial charge in [-0.2, -0.15) is 0 Å². The number of benzene rings is 1. The summed E-state index contributed by atoms with van der Waals surface area (Å²) in [5, 5.41) is 11.8. The van der Waals surface area contributed by atoms with Crippen LogP contribution in [0.5, 0.6) is 0 Å². The normalized spacial score (nSPS) is 16.5. The molecule has 0 saturated carbocycles. The zero-order valence-corrected chi connectivity index (χ0v) is 13.9. The Morgan fingerprint density at radius 3 is 2.72 bits per heavy atom. The molecule has 1 aromatic carbocycles. The Hall–Kier alpha value is -2.93. The van der Waals surface area contributed by atoms with Crippen molar-refractivity contribution >= 4 is 23.2 Å². The van der Waals surface area contributed by atoms with Gasteiger partial charge in [-0.1, -0.05) is 24.3 Å². The van der Waals surface area contributed by atoms with Crippen molar-refractivity contribution in [3.63, 3.8) is 0 Å². The molecule has 7 heteroatoms. The summed E-state index contributed by atoms with van der Waals surface area (Å²) >= 11 is 1.30. The standard InChI is InChI=1S/C18H14N2O4S/c21-17(13-10-25-16(19-13)15-6-3-7-24-15)20-9-12-5-2-1-4-11(12)8-14(20)18(22)23/h1-7,10,14H,8-9H2,(H,22,23)/t14-/m0/s1. The first-order valence-corrected chi connectivity index (χ1v) is 8.61. The van der Waals surface area contributed by atoms with Crippen molar-refractivity contribution < 1.29 is 19.1 Å². The van der Waals surface area contributed by atoms with E-state index in [-0.39, 0.29) is 18.1 Å². The molecule has 0 unspecified atom stereocenters. The van der Waals surface area contributed by atoms with E-state index < -0.39 is 12.0 Å². The van der Waals surface area contributed by atoms with Crippen molar-refractivity contribution in [1.29, 1.82) is 0 Å². The van der Waals surface area contributed by atoms with E-state index in [1.807, 2.05) is 24.3 Å². The number of fused-ring (bicyclic) bond motifs is 1. The van der Waals surface area contributed by atoms with E-state index in [4.69, 9.17) is 4.42 Å². The van der Waals surface area contributed by atoms with Crippen molar-refractivity contribution in [1.82, 2.24) is 9.88 Å². The number of aliphatic carboxylic acids is 1. The summed E-state index contributed by atoms with van der Waals surface area (Å²) in [5.74, 6) is -0.803. The zero-order valence-electron chi connectivity index (χ0n) is 13.1. The second kappa shape index (κ2) is 6.18. The highest BCUT2D eigenvalue weighted by molar-refractivity contribution is 7.13. The highest BCUT2D eigenvalue weighted by atomic mass is 32.1. The molecule has 0 bridgehead atoms. The van der Waals surface area contributed by atoms with E-state index in [0.717, 1.165) is 11.1 Å². The predicted molar refractivity (Wildman–Crippen MR) is 91.3 cm³/mol. The van der Waals surface area contributed by atoms with Gasteiger partial charge in [-0.3, -0.25) is 4.79 Å². The Labute approximate surface area is 147 Å². The van der Waals surface area contributed by atoms with Crippen LogP contribution in [0.25, 0.3) is 10.8 Å². The average Bonchev–Trinajstić information content (AvgIpc) is 3.31. The quantitative estimate of drug-likeness (QED) is 0.781. The minimum atomic E-state index is -1.01. The van der Waals surface area contributed by atoms with Crippen LogP contribution in [0.4, 0.5) is 0 Å². The molecule has 1 amide bonds. The minimum absolute atomic E-state index is 0.238. The molecule has 6 nitrogen and oxygen atoms in total. The van der Waals surface area contributed by atoms with Gasteiger partial charge in [0.1, 0.15) is 11.7 Å². The summed E-state index contributed by atoms with van der Waals surface area (Å²) in [7, 11) is 0. The molecule has 126 valence electrons. The van der Waals surface area contributed by atoms with Crippen LogP contribution in [0.2, 0.25) is 0 Å². The van der Waals surface area contributed by atoms with Gasteiger partial charge in [-0.15, -0.1) is 11.3 Å². The van der Waals surface area contributed by atoms with E-state index in [1.165, 1.54) is 16.2 Å². The third-order valence-corrected chi connectivity index (χ3v) is 5.11. The Bertz CT molecular complexity index is 932. The van der Waals surface area contributed by atoms with Crippen LogP contribution < -0.4 is 0 Å². The molecule has 3 heterocycles. The number of amides is 1. The lowest BCUT2D eigenvalue weighted by molar-refractivity contribution is -0.142. The first kappa shape index (κ1) is 15.6. The lowest BCUT2D eigenvalue weighted by Crippen LogP contribution is -2.48. The van der Waals surface area contributed by atoms with Gasteiger partial charge < -0.3 is 14.4 Å². The van der Waals surface area contributed by atoms with Crippen molar-refractivity contribution in [3.8, 4) is 10.8 Å². The summed E-state index contributed by atoms with van der Waals surface area (Å²) in [4.78, 5) is 30.3. The molecule has 0 spiro atoms. The number of carboxylic acid groups (broad SMARTS) is 1. The fourth-order valence-corrected chi connectivity index (χ4v) is 3.75. The van der Waals surface area contributed by atoms with Crippen molar-refractivity contribution in [3.05, 3.63) is 64.9 Å². The Kier molecular flexibility index (Phi) is 3.85. The van der Waals surface area contributed by atoms with Crippen LogP contribution in [0.3, 0.4) is 0 Å². The molecule has 1 aliphatic heterocycles. The zero-order chi connectivity index (χ0) is 17.4. The average molecular weight is 354 g/mol. The Morgan fingerprint density at radius 2 is 2.00 bits per heavy atom. The number of hydrogen-bond acceptors (Lipinski definition) is 5. The van der Waals surface area contributed by atoms with Crippen LogP contribution in [-0.4, -0.2) is 32.9 Å². The van der Waals surface area contributed by atoms with Crippen molar-refractivity contribution in [2.75, 3.05) is 0 Å². The monoisotopic (exact) mass is 354 g/mol. The van der Waals surface area contributed by atoms with Crippen LogP contribution in [0.1, 0.15) is 21.6 Å². The molecule has 2 aromatic heterocycles. The van der Waals surface area contributed by atoms with Gasteiger partial charge in [0.15, 0.2) is 10.8 Å². The number of hydrogen-bond donors (Lipinski definition) is 1. The van der Waals surface area contributed by atoms with Crippen LogP contribution in [-0.2, 0) is 17.8 Å². The lowest BCUT2D eigenvalue weighted by atomic mass is 9.94. The molecule has 0 aliphatic carbocycles. The largest absolute Gasteiger partial charge is 0.480 e. The molecule has 0 radical (unpaired) electrons. The molecule has 4 rings (SSSR count). The summed E-state index contributed by atoms with van der Waals surface area (Å²) < 4.78 is 5.29. The van der Waals surface area contributed by atoms with Crippen molar-refractivity contribution in [2.45, 2.75) is 19.0 Å². The molecule has 1 N–H and O–H groups in total. The third-order valence-electron chi connectivity index (χ3n) is 4.25. The highest BCUT2D eigenvalue weighted by Crippen LogP contribution is 2.28. The summed E-state index contributed by atoms with van der Waals surface area (Å²) in [6, 6.07) is 10.2. The van der Waals surface area contributed by atoms with Gasteiger partial charge >= 0.3 is 5.97 Å². The number of aromatic nitrogens is 1. The number of carbonyl (C=O) groups is 2. The van der Waals surface area contributed by atoms with E-state index >= 15 is 0 Å². The molecular formula is C18H14N2O4S. The van der Waals surface area contributed by atoms with Gasteiger partial charge in [-0.05, 0) is 23.3 Å². The van der Waals surface area contributed by atoms with Gasteiger partial charge in [0.2, 0.25) is 0 Å². The highest BCUT2D eigenvalue weighted by Gasteiger charge is 2.35. The van der Waals surface area contributed by atoms with Crippen LogP contribution in [0, 0.1) is 0 Å². The maximum Gasteiger partial charge on any atom is 0.326 e. The fraction of sp³-hybridized carbons (Fsp3) is 0.167. The SMILES string of the molecule is O=C(O)[C@@H]1Cc2ccccc2CN1C(=O)c1csc(-c2ccco2)n1. The van der Waals surface area contributed by atoms with Gasteiger partial charge in [0.05, 0.1) is 6.26 Å². The Morgan fingerprint density at radius 1 is 1.20 bits per heavy atom. The lowest BCUT2D eigenvalue weighted by Gasteiger charge is -2.34. The van der Waals surface area contributed by atoms with E-state index in [2.05, 4.69) is 4.98 Å². The number of carboxylic acids is 1. The second-order valence-electron chi connectivity index (χ2n) is 5.78. The molecule has 1 atom stereocenters. The topological polar surface area (TPSA) is 83.6 Å². The molecule has 0 saturated heterocycles. The minimum Gasteiger partial charge on any atom is -0.480 e. The number of rotatable bonds is 3. The van der Waals surface area contributed by atoms with E-state index in [1.54, 1.807) is 23.8 Å². The number of furan rings is 1. The van der Waals surface area contributed by atoms with E-state index in [9.17, 15) is 14.7 Å². The van der Waals surface area contributed by atoms with E-state index in [0.29, 0.717) is 17.2 Å².